The van der Waals surface area contributed by atoms with E-state index in [0.717, 1.165) is 0 Å². The minimum Gasteiger partial charge on any atom is -0.501 e. The summed E-state index contributed by atoms with van der Waals surface area (Å²) in [5.74, 6) is 4.88. The molecule has 0 aliphatic heterocycles. The van der Waals surface area contributed by atoms with E-state index < -0.39 is 4.92 Å². The molecule has 0 spiro atoms. The van der Waals surface area contributed by atoms with E-state index in [-0.39, 0.29) is 17.0 Å². The number of phenols is 1. The van der Waals surface area contributed by atoms with Gasteiger partial charge in [0.1, 0.15) is 0 Å². The Hall–Kier alpha value is -1.54. The van der Waals surface area contributed by atoms with E-state index in [1.165, 1.54) is 18.2 Å². The number of rotatable bonds is 1. The van der Waals surface area contributed by atoms with E-state index in [0.29, 0.717) is 5.33 Å². The lowest BCUT2D eigenvalue weighted by Crippen LogP contribution is -1.89. The summed E-state index contributed by atoms with van der Waals surface area (Å²) in [6, 6.07) is 4.24. The normalized spacial score (nSPS) is 8.93. The first-order valence-corrected chi connectivity index (χ1v) is 4.80. The van der Waals surface area contributed by atoms with Crippen LogP contribution in [-0.2, 0) is 0 Å². The van der Waals surface area contributed by atoms with Crippen LogP contribution in [0.1, 0.15) is 5.56 Å². The molecule has 0 heterocycles. The predicted octanol–water partition coefficient (Wildman–Crippen LogP) is 2.05. The first kappa shape index (κ1) is 10.5. The van der Waals surface area contributed by atoms with Crippen molar-refractivity contribution in [2.75, 3.05) is 5.33 Å². The standard InChI is InChI=1S/C9H6BrNO3/c10-6-2-4-7-3-1-5-8(9(7)12)11(13)14/h1,3,5,12H,6H2. The second-order valence-corrected chi connectivity index (χ2v) is 2.93. The van der Waals surface area contributed by atoms with Crippen molar-refractivity contribution in [3.8, 4) is 17.6 Å². The number of hydrogen-bond donors (Lipinski definition) is 1. The van der Waals surface area contributed by atoms with Crippen LogP contribution in [0.3, 0.4) is 0 Å². The van der Waals surface area contributed by atoms with Gasteiger partial charge in [-0.05, 0) is 6.07 Å². The largest absolute Gasteiger partial charge is 0.501 e. The molecule has 1 aromatic rings. The Labute approximate surface area is 88.8 Å². The number of nitro benzene ring substituents is 1. The van der Waals surface area contributed by atoms with E-state index in [1.807, 2.05) is 0 Å². The molecule has 1 rings (SSSR count). The topological polar surface area (TPSA) is 63.4 Å². The molecular formula is C9H6BrNO3. The highest BCUT2D eigenvalue weighted by molar-refractivity contribution is 9.09. The van der Waals surface area contributed by atoms with Crippen LogP contribution >= 0.6 is 15.9 Å². The van der Waals surface area contributed by atoms with Gasteiger partial charge in [-0.15, -0.1) is 0 Å². The quantitative estimate of drug-likeness (QED) is 0.362. The van der Waals surface area contributed by atoms with Crippen molar-refractivity contribution in [3.05, 3.63) is 33.9 Å². The molecule has 4 nitrogen and oxygen atoms in total. The van der Waals surface area contributed by atoms with Crippen molar-refractivity contribution in [2.45, 2.75) is 0 Å². The zero-order chi connectivity index (χ0) is 10.6. The Kier molecular flexibility index (Phi) is 3.48. The third-order valence-electron chi connectivity index (χ3n) is 1.50. The first-order chi connectivity index (χ1) is 6.66. The van der Waals surface area contributed by atoms with Gasteiger partial charge in [0, 0.05) is 6.07 Å². The van der Waals surface area contributed by atoms with E-state index in [2.05, 4.69) is 27.8 Å². The molecule has 14 heavy (non-hydrogen) atoms. The monoisotopic (exact) mass is 255 g/mol. The number of para-hydroxylation sites is 1. The number of benzene rings is 1. The molecule has 1 N–H and O–H groups in total. The minimum absolute atomic E-state index is 0.263. The fraction of sp³-hybridized carbons (Fsp3) is 0.111. The van der Waals surface area contributed by atoms with Crippen molar-refractivity contribution >= 4 is 21.6 Å². The number of nitrogens with zero attached hydrogens (tertiary/aromatic N) is 1. The van der Waals surface area contributed by atoms with Crippen LogP contribution in [0.15, 0.2) is 18.2 Å². The van der Waals surface area contributed by atoms with Gasteiger partial charge in [0.2, 0.25) is 5.75 Å². The number of phenolic OH excluding ortho intramolecular Hbond substituents is 1. The molecule has 72 valence electrons. The smallest absolute Gasteiger partial charge is 0.312 e. The molecule has 0 unspecified atom stereocenters. The van der Waals surface area contributed by atoms with Crippen molar-refractivity contribution in [1.29, 1.82) is 0 Å². The second kappa shape index (κ2) is 4.63. The van der Waals surface area contributed by atoms with Gasteiger partial charge in [0.25, 0.3) is 0 Å². The lowest BCUT2D eigenvalue weighted by atomic mass is 10.2. The van der Waals surface area contributed by atoms with Gasteiger partial charge in [-0.25, -0.2) is 0 Å². The molecule has 0 amide bonds. The summed E-state index contributed by atoms with van der Waals surface area (Å²) in [4.78, 5) is 9.79. The van der Waals surface area contributed by atoms with Gasteiger partial charge >= 0.3 is 5.69 Å². The molecule has 0 radical (unpaired) electrons. The zero-order valence-electron chi connectivity index (χ0n) is 7.03. The molecule has 1 aromatic carbocycles. The maximum Gasteiger partial charge on any atom is 0.312 e. The SMILES string of the molecule is O=[N+]([O-])c1cccc(C#CCBr)c1O. The molecule has 0 aromatic heterocycles. The summed E-state index contributed by atoms with van der Waals surface area (Å²) < 4.78 is 0. The molecule has 0 aliphatic carbocycles. The summed E-state index contributed by atoms with van der Waals surface area (Å²) in [5.41, 5.74) is -0.0648. The molecular weight excluding hydrogens is 250 g/mol. The Balaban J connectivity index is 3.20. The molecule has 5 heteroatoms. The minimum atomic E-state index is -0.644. The van der Waals surface area contributed by atoms with Crippen LogP contribution in [0.25, 0.3) is 0 Å². The highest BCUT2D eigenvalue weighted by Gasteiger charge is 2.14. The molecule has 0 fully saturated rings. The van der Waals surface area contributed by atoms with Crippen LogP contribution in [0.2, 0.25) is 0 Å². The highest BCUT2D eigenvalue weighted by atomic mass is 79.9. The van der Waals surface area contributed by atoms with Crippen LogP contribution in [0.5, 0.6) is 5.75 Å². The Bertz CT molecular complexity index is 420. The van der Waals surface area contributed by atoms with Gasteiger partial charge in [0.15, 0.2) is 0 Å². The van der Waals surface area contributed by atoms with Crippen molar-refractivity contribution in [1.82, 2.24) is 0 Å². The summed E-state index contributed by atoms with van der Waals surface area (Å²) >= 11 is 3.09. The molecule has 0 aliphatic rings. The van der Waals surface area contributed by atoms with Gasteiger partial charge in [0.05, 0.1) is 15.8 Å². The summed E-state index contributed by atoms with van der Waals surface area (Å²) in [7, 11) is 0. The van der Waals surface area contributed by atoms with E-state index >= 15 is 0 Å². The maximum atomic E-state index is 10.4. The molecule has 0 saturated carbocycles. The van der Waals surface area contributed by atoms with Gasteiger partial charge in [-0.3, -0.25) is 10.1 Å². The number of alkyl halides is 1. The lowest BCUT2D eigenvalue weighted by Gasteiger charge is -1.97. The number of aromatic hydroxyl groups is 1. The number of nitro groups is 1. The molecule has 0 bridgehead atoms. The third kappa shape index (κ3) is 2.24. The fourth-order valence-corrected chi connectivity index (χ4v) is 1.05. The van der Waals surface area contributed by atoms with Gasteiger partial charge in [-0.2, -0.15) is 0 Å². The average Bonchev–Trinajstić information content (AvgIpc) is 2.16. The predicted molar refractivity (Wildman–Crippen MR) is 55.4 cm³/mol. The Morgan fingerprint density at radius 3 is 2.86 bits per heavy atom. The van der Waals surface area contributed by atoms with Crippen molar-refractivity contribution in [2.24, 2.45) is 0 Å². The number of hydrogen-bond acceptors (Lipinski definition) is 3. The third-order valence-corrected chi connectivity index (χ3v) is 1.78. The van der Waals surface area contributed by atoms with Crippen LogP contribution < -0.4 is 0 Å². The van der Waals surface area contributed by atoms with E-state index in [4.69, 9.17) is 0 Å². The van der Waals surface area contributed by atoms with Gasteiger partial charge < -0.3 is 5.11 Å². The Morgan fingerprint density at radius 1 is 1.57 bits per heavy atom. The summed E-state index contributed by atoms with van der Waals surface area (Å²) in [6.07, 6.45) is 0. The fourth-order valence-electron chi connectivity index (χ4n) is 0.908. The Morgan fingerprint density at radius 2 is 2.29 bits per heavy atom. The van der Waals surface area contributed by atoms with Crippen LogP contribution in [0.4, 0.5) is 5.69 Å². The zero-order valence-corrected chi connectivity index (χ0v) is 8.61. The lowest BCUT2D eigenvalue weighted by molar-refractivity contribution is -0.385. The van der Waals surface area contributed by atoms with Gasteiger partial charge in [-0.1, -0.05) is 33.8 Å². The molecule has 0 saturated heterocycles. The van der Waals surface area contributed by atoms with Crippen LogP contribution in [-0.4, -0.2) is 15.4 Å². The molecule has 0 atom stereocenters. The van der Waals surface area contributed by atoms with E-state index in [9.17, 15) is 15.2 Å². The summed E-state index contributed by atoms with van der Waals surface area (Å²) in [6.45, 7) is 0. The number of halogens is 1. The second-order valence-electron chi connectivity index (χ2n) is 2.37. The van der Waals surface area contributed by atoms with Crippen molar-refractivity contribution < 1.29 is 10.0 Å². The maximum absolute atomic E-state index is 10.4. The first-order valence-electron chi connectivity index (χ1n) is 3.68. The van der Waals surface area contributed by atoms with Crippen molar-refractivity contribution in [3.63, 3.8) is 0 Å². The highest BCUT2D eigenvalue weighted by Crippen LogP contribution is 2.28. The van der Waals surface area contributed by atoms with Crippen LogP contribution in [0, 0.1) is 22.0 Å². The average molecular weight is 256 g/mol. The van der Waals surface area contributed by atoms with E-state index in [1.54, 1.807) is 0 Å². The summed E-state index contributed by atoms with van der Waals surface area (Å²) in [5, 5.41) is 20.3.